The summed E-state index contributed by atoms with van der Waals surface area (Å²) < 4.78 is 13.9. The van der Waals surface area contributed by atoms with Gasteiger partial charge in [-0.2, -0.15) is 0 Å². The molecule has 1 N–H and O–H groups in total. The third kappa shape index (κ3) is 3.47. The molecule has 6 unspecified atom stereocenters. The Balaban J connectivity index is 1.54. The Bertz CT molecular complexity index is 1510. The summed E-state index contributed by atoms with van der Waals surface area (Å²) in [6.07, 6.45) is 2.47. The maximum absolute atomic E-state index is 14.3. The molecule has 0 spiro atoms. The van der Waals surface area contributed by atoms with E-state index in [1.165, 1.54) is 29.2 Å². The highest BCUT2D eigenvalue weighted by molar-refractivity contribution is 6.32. The van der Waals surface area contributed by atoms with Gasteiger partial charge in [0.2, 0.25) is 23.6 Å². The summed E-state index contributed by atoms with van der Waals surface area (Å²) in [5.41, 5.74) is 0.188. The van der Waals surface area contributed by atoms with Crippen molar-refractivity contribution in [3.8, 4) is 5.75 Å². The zero-order chi connectivity index (χ0) is 28.0. The van der Waals surface area contributed by atoms with Crippen molar-refractivity contribution < 1.29 is 28.7 Å². The predicted molar refractivity (Wildman–Crippen MR) is 142 cm³/mol. The molecule has 2 saturated heterocycles. The van der Waals surface area contributed by atoms with E-state index in [1.54, 1.807) is 19.9 Å². The maximum Gasteiger partial charge on any atom is 0.241 e. The monoisotopic (exact) mass is 570 g/mol. The van der Waals surface area contributed by atoms with Gasteiger partial charge in [-0.15, -0.1) is 0 Å². The second-order valence-electron chi connectivity index (χ2n) is 10.9. The molecule has 6 atom stereocenters. The quantitative estimate of drug-likeness (QED) is 0.409. The van der Waals surface area contributed by atoms with Crippen LogP contribution < -0.4 is 4.90 Å². The molecule has 202 valence electrons. The van der Waals surface area contributed by atoms with E-state index >= 15 is 0 Å². The lowest BCUT2D eigenvalue weighted by Gasteiger charge is -2.49. The van der Waals surface area contributed by atoms with Gasteiger partial charge >= 0.3 is 0 Å². The topological polar surface area (TPSA) is 95.0 Å². The van der Waals surface area contributed by atoms with Crippen LogP contribution in [-0.4, -0.2) is 40.2 Å². The number of allylic oxidation sites excluding steroid dienone is 2. The number of hydrogen-bond donors (Lipinski definition) is 1. The van der Waals surface area contributed by atoms with Crippen molar-refractivity contribution in [1.82, 2.24) is 4.90 Å². The van der Waals surface area contributed by atoms with E-state index in [9.17, 15) is 28.7 Å². The lowest BCUT2D eigenvalue weighted by Crippen LogP contribution is -2.49. The standard InChI is InChI=1S/C29H25Cl2FN2O5/c1-3-33-25(36)17-8-7-15-18(23(17)27(33)38)12-19-26(37)34(13-4-9-22(32)21(31)10-13)28(39)29(19,2)24(15)16-6-5-14(35)11-20(16)30/h4-7,9-11,17-19,23-24,35H,3,8,12H2,1-2H3. The van der Waals surface area contributed by atoms with Crippen molar-refractivity contribution in [3.05, 3.63) is 69.5 Å². The molecule has 2 heterocycles. The van der Waals surface area contributed by atoms with Crippen LogP contribution in [0.1, 0.15) is 38.2 Å². The van der Waals surface area contributed by atoms with E-state index in [-0.39, 0.29) is 46.3 Å². The number of hydrogen-bond acceptors (Lipinski definition) is 5. The van der Waals surface area contributed by atoms with Gasteiger partial charge in [0.05, 0.1) is 33.9 Å². The summed E-state index contributed by atoms with van der Waals surface area (Å²) in [7, 11) is 0. The zero-order valence-electron chi connectivity index (χ0n) is 21.2. The number of phenols is 1. The molecule has 2 aromatic carbocycles. The van der Waals surface area contributed by atoms with Crippen LogP contribution in [0.2, 0.25) is 10.0 Å². The van der Waals surface area contributed by atoms with Gasteiger partial charge in [-0.05, 0) is 68.5 Å². The highest BCUT2D eigenvalue weighted by atomic mass is 35.5. The van der Waals surface area contributed by atoms with Gasteiger partial charge in [-0.3, -0.25) is 24.1 Å². The van der Waals surface area contributed by atoms with Gasteiger partial charge in [0.25, 0.3) is 0 Å². The van der Waals surface area contributed by atoms with Gasteiger partial charge in [-0.1, -0.05) is 40.9 Å². The van der Waals surface area contributed by atoms with Crippen LogP contribution in [0.4, 0.5) is 10.1 Å². The molecule has 4 amide bonds. The first-order valence-corrected chi connectivity index (χ1v) is 13.6. The molecular formula is C29H25Cl2FN2O5. The van der Waals surface area contributed by atoms with Crippen LogP contribution in [0.15, 0.2) is 48.0 Å². The number of benzene rings is 2. The van der Waals surface area contributed by atoms with Gasteiger partial charge in [-0.25, -0.2) is 9.29 Å². The number of amides is 4. The molecule has 2 aromatic rings. The van der Waals surface area contributed by atoms with Gasteiger partial charge in [0.15, 0.2) is 0 Å². The largest absolute Gasteiger partial charge is 0.508 e. The average Bonchev–Trinajstić information content (AvgIpc) is 3.25. The first-order chi connectivity index (χ1) is 18.5. The summed E-state index contributed by atoms with van der Waals surface area (Å²) in [4.78, 5) is 57.1. The molecule has 4 aliphatic rings. The number of rotatable bonds is 3. The van der Waals surface area contributed by atoms with Crippen molar-refractivity contribution >= 4 is 52.5 Å². The molecule has 2 aliphatic heterocycles. The van der Waals surface area contributed by atoms with Crippen LogP contribution in [-0.2, 0) is 19.2 Å². The van der Waals surface area contributed by atoms with E-state index in [4.69, 9.17) is 23.2 Å². The molecule has 2 aliphatic carbocycles. The number of nitrogens with zero attached hydrogens (tertiary/aromatic N) is 2. The zero-order valence-corrected chi connectivity index (χ0v) is 22.7. The van der Waals surface area contributed by atoms with Crippen LogP contribution in [0.3, 0.4) is 0 Å². The summed E-state index contributed by atoms with van der Waals surface area (Å²) in [5.74, 6) is -5.34. The van der Waals surface area contributed by atoms with Gasteiger partial charge < -0.3 is 5.11 Å². The van der Waals surface area contributed by atoms with Gasteiger partial charge in [0.1, 0.15) is 11.6 Å². The van der Waals surface area contributed by atoms with Crippen molar-refractivity contribution in [2.24, 2.45) is 29.1 Å². The molecule has 6 rings (SSSR count). The lowest BCUT2D eigenvalue weighted by molar-refractivity contribution is -0.140. The molecule has 39 heavy (non-hydrogen) atoms. The molecule has 1 saturated carbocycles. The number of fused-ring (bicyclic) bond motifs is 4. The predicted octanol–water partition coefficient (Wildman–Crippen LogP) is 5.09. The smallest absolute Gasteiger partial charge is 0.241 e. The Kier molecular flexibility index (Phi) is 5.93. The number of carbonyl (C=O) groups is 4. The third-order valence-electron chi connectivity index (χ3n) is 9.14. The third-order valence-corrected chi connectivity index (χ3v) is 9.76. The molecule has 10 heteroatoms. The molecule has 7 nitrogen and oxygen atoms in total. The minimum atomic E-state index is -1.30. The Labute approximate surface area is 234 Å². The average molecular weight is 571 g/mol. The number of halogens is 3. The van der Waals surface area contributed by atoms with E-state index in [2.05, 4.69) is 0 Å². The second kappa shape index (κ2) is 8.89. The molecule has 0 radical (unpaired) electrons. The SMILES string of the molecule is CCN1C(=O)C2CC=C3C(CC4C(=O)N(c5ccc(F)c(Cl)c5)C(=O)C4(C)C3c3ccc(O)cc3Cl)C2C1=O. The van der Waals surface area contributed by atoms with Crippen molar-refractivity contribution in [2.75, 3.05) is 11.4 Å². The first kappa shape index (κ1) is 26.0. The number of carbonyl (C=O) groups excluding carboxylic acids is 4. The molecule has 0 aromatic heterocycles. The van der Waals surface area contributed by atoms with Crippen LogP contribution in [0.5, 0.6) is 5.75 Å². The van der Waals surface area contributed by atoms with Crippen LogP contribution in [0, 0.1) is 34.9 Å². The van der Waals surface area contributed by atoms with Gasteiger partial charge in [0, 0.05) is 17.5 Å². The fraction of sp³-hybridized carbons (Fsp3) is 0.379. The summed E-state index contributed by atoms with van der Waals surface area (Å²) in [6.45, 7) is 3.74. The summed E-state index contributed by atoms with van der Waals surface area (Å²) >= 11 is 12.6. The van der Waals surface area contributed by atoms with E-state index in [0.717, 1.165) is 16.5 Å². The fourth-order valence-electron chi connectivity index (χ4n) is 7.36. The van der Waals surface area contributed by atoms with Crippen LogP contribution >= 0.6 is 23.2 Å². The van der Waals surface area contributed by atoms with E-state index in [1.807, 2.05) is 6.08 Å². The Morgan fingerprint density at radius 2 is 1.74 bits per heavy atom. The molecule has 3 fully saturated rings. The Morgan fingerprint density at radius 3 is 2.41 bits per heavy atom. The Hall–Kier alpha value is -3.23. The van der Waals surface area contributed by atoms with E-state index < -0.39 is 52.6 Å². The minimum absolute atomic E-state index is 0.0536. The maximum atomic E-state index is 14.3. The lowest BCUT2D eigenvalue weighted by atomic mass is 9.51. The first-order valence-electron chi connectivity index (χ1n) is 12.9. The highest BCUT2D eigenvalue weighted by Gasteiger charge is 2.67. The number of imide groups is 2. The molecule has 0 bridgehead atoms. The van der Waals surface area contributed by atoms with Crippen molar-refractivity contribution in [1.29, 1.82) is 0 Å². The number of likely N-dealkylation sites (tertiary alicyclic amines) is 1. The van der Waals surface area contributed by atoms with Crippen molar-refractivity contribution in [2.45, 2.75) is 32.6 Å². The Morgan fingerprint density at radius 1 is 1.00 bits per heavy atom. The van der Waals surface area contributed by atoms with Crippen LogP contribution in [0.25, 0.3) is 0 Å². The number of anilines is 1. The second-order valence-corrected chi connectivity index (χ2v) is 11.7. The van der Waals surface area contributed by atoms with Crippen molar-refractivity contribution in [3.63, 3.8) is 0 Å². The normalized spacial score (nSPS) is 31.8. The summed E-state index contributed by atoms with van der Waals surface area (Å²) in [6, 6.07) is 8.17. The fourth-order valence-corrected chi connectivity index (χ4v) is 7.82. The minimum Gasteiger partial charge on any atom is -0.508 e. The number of aromatic hydroxyl groups is 1. The molecular weight excluding hydrogens is 546 g/mol. The summed E-state index contributed by atoms with van der Waals surface area (Å²) in [5, 5.41) is 10.0. The highest BCUT2D eigenvalue weighted by Crippen LogP contribution is 2.64. The van der Waals surface area contributed by atoms with E-state index in [0.29, 0.717) is 12.0 Å². The number of phenolic OH excluding ortho intramolecular Hbond substituents is 1.